The normalized spacial score (nSPS) is 42.0. The predicted octanol–water partition coefficient (Wildman–Crippen LogP) is 3.20. The molecular formula is C13H25N. The van der Waals surface area contributed by atoms with E-state index in [2.05, 4.69) is 26.2 Å². The third-order valence-electron chi connectivity index (χ3n) is 5.24. The van der Waals surface area contributed by atoms with E-state index >= 15 is 0 Å². The maximum Gasteiger partial charge on any atom is 0.000481 e. The predicted molar refractivity (Wildman–Crippen MR) is 61.3 cm³/mol. The van der Waals surface area contributed by atoms with Gasteiger partial charge in [0.2, 0.25) is 0 Å². The molecule has 0 unspecified atom stereocenters. The second-order valence-electron chi connectivity index (χ2n) is 6.05. The Hall–Kier alpha value is -0.0400. The van der Waals surface area contributed by atoms with E-state index in [1.54, 1.807) is 0 Å². The molecule has 0 atom stereocenters. The van der Waals surface area contributed by atoms with Gasteiger partial charge < -0.3 is 5.32 Å². The molecule has 3 saturated carbocycles. The van der Waals surface area contributed by atoms with Crippen LogP contribution in [0.5, 0.6) is 0 Å². The van der Waals surface area contributed by atoms with Gasteiger partial charge in [0, 0.05) is 6.54 Å². The fourth-order valence-corrected chi connectivity index (χ4v) is 3.80. The van der Waals surface area contributed by atoms with Gasteiger partial charge in [-0.05, 0) is 62.3 Å². The summed E-state index contributed by atoms with van der Waals surface area (Å²) in [5, 5.41) is 3.40. The molecule has 14 heavy (non-hydrogen) atoms. The molecule has 0 aromatic heterocycles. The summed E-state index contributed by atoms with van der Waals surface area (Å²) in [6.45, 7) is 6.11. The van der Waals surface area contributed by atoms with E-state index in [0.717, 1.165) is 11.3 Å². The monoisotopic (exact) mass is 195 g/mol. The first-order valence-electron chi connectivity index (χ1n) is 6.27. The van der Waals surface area contributed by atoms with Crippen LogP contribution in [-0.2, 0) is 0 Å². The molecule has 0 saturated heterocycles. The lowest BCUT2D eigenvalue weighted by Crippen LogP contribution is -2.47. The van der Waals surface area contributed by atoms with Crippen LogP contribution in [-0.4, -0.2) is 13.6 Å². The lowest BCUT2D eigenvalue weighted by molar-refractivity contribution is -0.0364. The molecule has 0 radical (unpaired) electrons. The van der Waals surface area contributed by atoms with Crippen molar-refractivity contribution in [1.82, 2.24) is 5.32 Å². The molecule has 0 amide bonds. The van der Waals surface area contributed by atoms with Crippen LogP contribution >= 0.6 is 0 Å². The first-order chi connectivity index (χ1) is 6.63. The minimum atomic E-state index is 0.686. The van der Waals surface area contributed by atoms with Crippen molar-refractivity contribution in [3.63, 3.8) is 0 Å². The molecule has 0 aliphatic heterocycles. The SMILES string of the molecule is CNCC12CCC(C(C)C)(CC1)CC2. The Bertz CT molecular complexity index is 183. The van der Waals surface area contributed by atoms with E-state index in [1.165, 1.54) is 45.1 Å². The Balaban J connectivity index is 2.05. The Labute approximate surface area is 88.7 Å². The Morgan fingerprint density at radius 1 is 1.00 bits per heavy atom. The van der Waals surface area contributed by atoms with Crippen LogP contribution in [0.4, 0.5) is 0 Å². The van der Waals surface area contributed by atoms with Crippen molar-refractivity contribution >= 4 is 0 Å². The van der Waals surface area contributed by atoms with Gasteiger partial charge in [-0.15, -0.1) is 0 Å². The van der Waals surface area contributed by atoms with Crippen LogP contribution in [0.15, 0.2) is 0 Å². The molecule has 82 valence electrons. The second kappa shape index (κ2) is 3.52. The van der Waals surface area contributed by atoms with E-state index < -0.39 is 0 Å². The molecule has 1 nitrogen and oxygen atoms in total. The minimum Gasteiger partial charge on any atom is -0.319 e. The number of fused-ring (bicyclic) bond motifs is 3. The highest BCUT2D eigenvalue weighted by Gasteiger charge is 2.49. The summed E-state index contributed by atoms with van der Waals surface area (Å²) < 4.78 is 0. The summed E-state index contributed by atoms with van der Waals surface area (Å²) in [7, 11) is 2.10. The van der Waals surface area contributed by atoms with Gasteiger partial charge in [-0.25, -0.2) is 0 Å². The number of hydrogen-bond donors (Lipinski definition) is 1. The van der Waals surface area contributed by atoms with Crippen LogP contribution in [0.25, 0.3) is 0 Å². The molecule has 0 heterocycles. The molecule has 3 aliphatic carbocycles. The van der Waals surface area contributed by atoms with Crippen LogP contribution in [0.1, 0.15) is 52.4 Å². The van der Waals surface area contributed by atoms with E-state index in [9.17, 15) is 0 Å². The standard InChI is InChI=1S/C13H25N/c1-11(2)13-7-4-12(5-8-13,6-9-13)10-14-3/h11,14H,4-10H2,1-3H3. The molecule has 0 spiro atoms. The van der Waals surface area contributed by atoms with Crippen molar-refractivity contribution < 1.29 is 0 Å². The first-order valence-corrected chi connectivity index (χ1v) is 6.27. The maximum absolute atomic E-state index is 3.40. The van der Waals surface area contributed by atoms with Crippen molar-refractivity contribution in [2.45, 2.75) is 52.4 Å². The van der Waals surface area contributed by atoms with Crippen molar-refractivity contribution in [1.29, 1.82) is 0 Å². The summed E-state index contributed by atoms with van der Waals surface area (Å²) in [6, 6.07) is 0. The quantitative estimate of drug-likeness (QED) is 0.729. The Kier molecular flexibility index (Phi) is 2.63. The highest BCUT2D eigenvalue weighted by atomic mass is 14.8. The van der Waals surface area contributed by atoms with Gasteiger partial charge in [0.1, 0.15) is 0 Å². The lowest BCUT2D eigenvalue weighted by Gasteiger charge is -2.55. The summed E-state index contributed by atoms with van der Waals surface area (Å²) in [4.78, 5) is 0. The summed E-state index contributed by atoms with van der Waals surface area (Å²) >= 11 is 0. The van der Waals surface area contributed by atoms with Gasteiger partial charge in [-0.1, -0.05) is 13.8 Å². The molecule has 2 bridgehead atoms. The van der Waals surface area contributed by atoms with Gasteiger partial charge in [0.15, 0.2) is 0 Å². The Morgan fingerprint density at radius 2 is 1.50 bits per heavy atom. The van der Waals surface area contributed by atoms with Crippen molar-refractivity contribution in [3.8, 4) is 0 Å². The average molecular weight is 195 g/mol. The number of rotatable bonds is 3. The second-order valence-corrected chi connectivity index (χ2v) is 6.05. The topological polar surface area (TPSA) is 12.0 Å². The summed E-state index contributed by atoms with van der Waals surface area (Å²) in [5.41, 5.74) is 1.42. The van der Waals surface area contributed by atoms with Crippen molar-refractivity contribution in [2.24, 2.45) is 16.7 Å². The number of nitrogens with one attached hydrogen (secondary N) is 1. The highest BCUT2D eigenvalue weighted by molar-refractivity contribution is 5.01. The fourth-order valence-electron chi connectivity index (χ4n) is 3.80. The van der Waals surface area contributed by atoms with E-state index in [0.29, 0.717) is 5.41 Å². The lowest BCUT2D eigenvalue weighted by atomic mass is 9.50. The summed E-state index contributed by atoms with van der Waals surface area (Å²) in [6.07, 6.45) is 8.91. The van der Waals surface area contributed by atoms with Crippen LogP contribution in [0.2, 0.25) is 0 Å². The third-order valence-corrected chi connectivity index (χ3v) is 5.24. The first kappa shape index (κ1) is 10.5. The minimum absolute atomic E-state index is 0.686. The summed E-state index contributed by atoms with van der Waals surface area (Å²) in [5.74, 6) is 0.899. The van der Waals surface area contributed by atoms with Gasteiger partial charge in [0.25, 0.3) is 0 Å². The van der Waals surface area contributed by atoms with E-state index in [4.69, 9.17) is 0 Å². The zero-order valence-corrected chi connectivity index (χ0v) is 10.0. The average Bonchev–Trinajstić information content (AvgIpc) is 2.20. The molecule has 3 rings (SSSR count). The zero-order valence-electron chi connectivity index (χ0n) is 10.0. The van der Waals surface area contributed by atoms with Gasteiger partial charge in [0.05, 0.1) is 0 Å². The molecule has 1 N–H and O–H groups in total. The maximum atomic E-state index is 3.40. The smallest absolute Gasteiger partial charge is 0.000481 e. The van der Waals surface area contributed by atoms with Crippen molar-refractivity contribution in [3.05, 3.63) is 0 Å². The molecule has 0 aromatic rings. The van der Waals surface area contributed by atoms with E-state index in [-0.39, 0.29) is 0 Å². The Morgan fingerprint density at radius 3 is 1.86 bits per heavy atom. The number of hydrogen-bond acceptors (Lipinski definition) is 1. The molecular weight excluding hydrogens is 170 g/mol. The molecule has 0 aromatic carbocycles. The van der Waals surface area contributed by atoms with Gasteiger partial charge >= 0.3 is 0 Å². The fraction of sp³-hybridized carbons (Fsp3) is 1.00. The van der Waals surface area contributed by atoms with E-state index in [1.807, 2.05) is 0 Å². The third kappa shape index (κ3) is 1.50. The van der Waals surface area contributed by atoms with Crippen LogP contribution in [0.3, 0.4) is 0 Å². The molecule has 3 fully saturated rings. The largest absolute Gasteiger partial charge is 0.319 e. The molecule has 1 heteroatoms. The molecule has 3 aliphatic rings. The van der Waals surface area contributed by atoms with Crippen molar-refractivity contribution in [2.75, 3.05) is 13.6 Å². The highest BCUT2D eigenvalue weighted by Crippen LogP contribution is 2.59. The van der Waals surface area contributed by atoms with Gasteiger partial charge in [-0.3, -0.25) is 0 Å². The van der Waals surface area contributed by atoms with Gasteiger partial charge in [-0.2, -0.15) is 0 Å². The van der Waals surface area contributed by atoms with Crippen LogP contribution in [0, 0.1) is 16.7 Å². The van der Waals surface area contributed by atoms with Crippen LogP contribution < -0.4 is 5.32 Å². The zero-order chi connectivity index (χ0) is 10.2.